The van der Waals surface area contributed by atoms with Crippen LogP contribution in [0.5, 0.6) is 11.6 Å². The number of rotatable bonds is 3. The second-order valence-electron chi connectivity index (χ2n) is 3.91. The molecule has 0 aliphatic heterocycles. The van der Waals surface area contributed by atoms with E-state index in [4.69, 9.17) is 9.84 Å². The summed E-state index contributed by atoms with van der Waals surface area (Å²) in [4.78, 5) is 14.2. The molecule has 0 saturated heterocycles. The number of aromatic nitrogens is 1. The van der Waals surface area contributed by atoms with Crippen molar-refractivity contribution >= 4 is 28.6 Å². The lowest BCUT2D eigenvalue weighted by Crippen LogP contribution is -2.08. The second kappa shape index (κ2) is 5.88. The minimum absolute atomic E-state index is 0.0302. The number of alkyl halides is 3. The molecule has 0 saturated carbocycles. The van der Waals surface area contributed by atoms with Gasteiger partial charge in [0.15, 0.2) is 0 Å². The van der Waals surface area contributed by atoms with Crippen LogP contribution in [0.25, 0.3) is 0 Å². The molecule has 2 aromatic rings. The number of ether oxygens (including phenoxy) is 1. The van der Waals surface area contributed by atoms with Crippen molar-refractivity contribution in [3.05, 3.63) is 51.2 Å². The highest BCUT2D eigenvalue weighted by atomic mass is 127. The average Bonchev–Trinajstić information content (AvgIpc) is 2.40. The zero-order valence-corrected chi connectivity index (χ0v) is 12.3. The summed E-state index contributed by atoms with van der Waals surface area (Å²) in [6, 6.07) is 7.35. The Morgan fingerprint density at radius 3 is 2.57 bits per heavy atom. The van der Waals surface area contributed by atoms with Crippen LogP contribution < -0.4 is 4.74 Å². The van der Waals surface area contributed by atoms with E-state index in [0.717, 1.165) is 6.07 Å². The number of hydrogen-bond acceptors (Lipinski definition) is 3. The van der Waals surface area contributed by atoms with Gasteiger partial charge >= 0.3 is 12.1 Å². The molecule has 2 rings (SSSR count). The maximum atomic E-state index is 12.6. The number of nitrogens with zero attached hydrogens (tertiary/aromatic N) is 1. The zero-order valence-electron chi connectivity index (χ0n) is 10.2. The van der Waals surface area contributed by atoms with Crippen LogP contribution in [0.3, 0.4) is 0 Å². The van der Waals surface area contributed by atoms with Gasteiger partial charge in [-0.15, -0.1) is 0 Å². The van der Waals surface area contributed by atoms with Crippen LogP contribution in [-0.4, -0.2) is 16.1 Å². The molecule has 0 amide bonds. The Hall–Kier alpha value is -1.84. The van der Waals surface area contributed by atoms with E-state index in [1.54, 1.807) is 0 Å². The van der Waals surface area contributed by atoms with Gasteiger partial charge < -0.3 is 9.84 Å². The van der Waals surface area contributed by atoms with Crippen molar-refractivity contribution in [2.45, 2.75) is 6.18 Å². The number of aromatic carboxylic acids is 1. The van der Waals surface area contributed by atoms with Crippen LogP contribution in [0.1, 0.15) is 16.1 Å². The fraction of sp³-hybridized carbons (Fsp3) is 0.0769. The summed E-state index contributed by atoms with van der Waals surface area (Å²) in [5.41, 5.74) is -1.11. The van der Waals surface area contributed by atoms with Crippen molar-refractivity contribution in [1.82, 2.24) is 4.98 Å². The van der Waals surface area contributed by atoms with E-state index in [1.165, 1.54) is 30.3 Å². The Labute approximate surface area is 130 Å². The van der Waals surface area contributed by atoms with Crippen LogP contribution in [-0.2, 0) is 6.18 Å². The molecular weight excluding hydrogens is 402 g/mol. The molecule has 0 atom stereocenters. The van der Waals surface area contributed by atoms with Gasteiger partial charge in [0, 0.05) is 6.07 Å². The van der Waals surface area contributed by atoms with Gasteiger partial charge in [0.2, 0.25) is 5.88 Å². The summed E-state index contributed by atoms with van der Waals surface area (Å²) >= 11 is 1.88. The molecule has 0 bridgehead atoms. The fourth-order valence-corrected chi connectivity index (χ4v) is 1.90. The Balaban J connectivity index is 2.34. The van der Waals surface area contributed by atoms with Crippen molar-refractivity contribution in [2.75, 3.05) is 0 Å². The van der Waals surface area contributed by atoms with Gasteiger partial charge in [-0.3, -0.25) is 0 Å². The lowest BCUT2D eigenvalue weighted by molar-refractivity contribution is -0.141. The average molecular weight is 409 g/mol. The summed E-state index contributed by atoms with van der Waals surface area (Å²) in [7, 11) is 0. The monoisotopic (exact) mass is 409 g/mol. The number of hydrogen-bond donors (Lipinski definition) is 1. The highest BCUT2D eigenvalue weighted by Gasteiger charge is 2.32. The Morgan fingerprint density at radius 1 is 1.24 bits per heavy atom. The summed E-state index contributed by atoms with van der Waals surface area (Å²) in [6.07, 6.45) is -4.57. The number of carboxylic acid groups (broad SMARTS) is 1. The zero-order chi connectivity index (χ0) is 15.6. The van der Waals surface area contributed by atoms with Crippen molar-refractivity contribution in [3.63, 3.8) is 0 Å². The highest BCUT2D eigenvalue weighted by Crippen LogP contribution is 2.31. The van der Waals surface area contributed by atoms with E-state index in [-0.39, 0.29) is 17.2 Å². The minimum atomic E-state index is -4.57. The predicted octanol–water partition coefficient (Wildman–Crippen LogP) is 4.20. The molecule has 21 heavy (non-hydrogen) atoms. The number of halogens is 4. The first-order chi connectivity index (χ1) is 9.77. The van der Waals surface area contributed by atoms with Crippen molar-refractivity contribution in [2.24, 2.45) is 0 Å². The molecule has 0 fully saturated rings. The number of carbonyl (C=O) groups is 1. The standard InChI is InChI=1S/C13H7F3INO3/c14-13(15,16)10-2-1-3-11(18-10)21-9-6-7(12(19)20)4-5-8(9)17/h1-6H,(H,19,20). The quantitative estimate of drug-likeness (QED) is 0.773. The number of carboxylic acids is 1. The van der Waals surface area contributed by atoms with E-state index < -0.39 is 17.8 Å². The lowest BCUT2D eigenvalue weighted by Gasteiger charge is -2.10. The summed E-state index contributed by atoms with van der Waals surface area (Å²) in [6.45, 7) is 0. The number of benzene rings is 1. The van der Waals surface area contributed by atoms with Gasteiger partial charge in [0.05, 0.1) is 9.13 Å². The first-order valence-electron chi connectivity index (χ1n) is 5.52. The third-order valence-corrected chi connectivity index (χ3v) is 3.30. The largest absolute Gasteiger partial charge is 0.478 e. The predicted molar refractivity (Wildman–Crippen MR) is 75.4 cm³/mol. The first kappa shape index (κ1) is 15.5. The normalized spacial score (nSPS) is 11.2. The molecule has 0 unspecified atom stereocenters. The maximum Gasteiger partial charge on any atom is 0.433 e. The minimum Gasteiger partial charge on any atom is -0.478 e. The van der Waals surface area contributed by atoms with E-state index in [9.17, 15) is 18.0 Å². The maximum absolute atomic E-state index is 12.6. The molecule has 0 aliphatic carbocycles. The Kier molecular flexibility index (Phi) is 4.35. The molecule has 0 spiro atoms. The van der Waals surface area contributed by atoms with E-state index in [1.807, 2.05) is 22.6 Å². The van der Waals surface area contributed by atoms with E-state index >= 15 is 0 Å². The third-order valence-electron chi connectivity index (χ3n) is 2.41. The van der Waals surface area contributed by atoms with Gasteiger partial charge in [-0.1, -0.05) is 6.07 Å². The molecule has 4 nitrogen and oxygen atoms in total. The van der Waals surface area contributed by atoms with Gasteiger partial charge in [0.1, 0.15) is 11.4 Å². The van der Waals surface area contributed by atoms with Crippen LogP contribution in [0.4, 0.5) is 13.2 Å². The molecular formula is C13H7F3INO3. The number of pyridine rings is 1. The molecule has 0 aliphatic rings. The van der Waals surface area contributed by atoms with Crippen molar-refractivity contribution in [3.8, 4) is 11.6 Å². The van der Waals surface area contributed by atoms with Crippen LogP contribution in [0.15, 0.2) is 36.4 Å². The summed E-state index contributed by atoms with van der Waals surface area (Å²) < 4.78 is 43.5. The smallest absolute Gasteiger partial charge is 0.433 e. The topological polar surface area (TPSA) is 59.4 Å². The molecule has 0 radical (unpaired) electrons. The van der Waals surface area contributed by atoms with E-state index in [2.05, 4.69) is 4.98 Å². The summed E-state index contributed by atoms with van der Waals surface area (Å²) in [5.74, 6) is -1.29. The molecule has 1 heterocycles. The Bertz CT molecular complexity index is 689. The van der Waals surface area contributed by atoms with Crippen LogP contribution in [0, 0.1) is 3.57 Å². The molecule has 110 valence electrons. The Morgan fingerprint density at radius 2 is 1.95 bits per heavy atom. The van der Waals surface area contributed by atoms with E-state index in [0.29, 0.717) is 3.57 Å². The van der Waals surface area contributed by atoms with Crippen LogP contribution in [0.2, 0.25) is 0 Å². The van der Waals surface area contributed by atoms with Crippen LogP contribution >= 0.6 is 22.6 Å². The fourth-order valence-electron chi connectivity index (χ4n) is 1.46. The molecule has 1 aromatic carbocycles. The summed E-state index contributed by atoms with van der Waals surface area (Å²) in [5, 5.41) is 8.89. The first-order valence-corrected chi connectivity index (χ1v) is 6.60. The van der Waals surface area contributed by atoms with Gasteiger partial charge in [-0.2, -0.15) is 13.2 Å². The molecule has 1 N–H and O–H groups in total. The lowest BCUT2D eigenvalue weighted by atomic mass is 10.2. The van der Waals surface area contributed by atoms with Gasteiger partial charge in [0.25, 0.3) is 0 Å². The van der Waals surface area contributed by atoms with Gasteiger partial charge in [-0.25, -0.2) is 9.78 Å². The molecule has 1 aromatic heterocycles. The SMILES string of the molecule is O=C(O)c1ccc(I)c(Oc2cccc(C(F)(F)F)n2)c1. The highest BCUT2D eigenvalue weighted by molar-refractivity contribution is 14.1. The van der Waals surface area contributed by atoms with Crippen molar-refractivity contribution < 1.29 is 27.8 Å². The van der Waals surface area contributed by atoms with Gasteiger partial charge in [-0.05, 0) is 46.9 Å². The molecule has 8 heteroatoms. The third kappa shape index (κ3) is 3.84. The second-order valence-corrected chi connectivity index (χ2v) is 5.07. The van der Waals surface area contributed by atoms with Crippen molar-refractivity contribution in [1.29, 1.82) is 0 Å².